The van der Waals surface area contributed by atoms with Crippen LogP contribution in [0.25, 0.3) is 0 Å². The topological polar surface area (TPSA) is 56.5 Å². The first kappa shape index (κ1) is 12.7. The lowest BCUT2D eigenvalue weighted by Gasteiger charge is -2.43. The molecule has 92 valence electrons. The predicted octanol–water partition coefficient (Wildman–Crippen LogP) is 2.69. The SMILES string of the molecule is CC1=NC2(CCCCC2)N(Cl)C(=O)C1SC#N. The third-order valence-electron chi connectivity index (χ3n) is 3.37. The van der Waals surface area contributed by atoms with Gasteiger partial charge in [-0.2, -0.15) is 5.26 Å². The molecule has 1 fully saturated rings. The van der Waals surface area contributed by atoms with E-state index >= 15 is 0 Å². The van der Waals surface area contributed by atoms with Crippen LogP contribution in [-0.2, 0) is 4.79 Å². The van der Waals surface area contributed by atoms with Crippen LogP contribution in [0.15, 0.2) is 4.99 Å². The maximum Gasteiger partial charge on any atom is 0.259 e. The first-order chi connectivity index (χ1) is 8.10. The smallest absolute Gasteiger partial charge is 0.259 e. The fourth-order valence-electron chi connectivity index (χ4n) is 2.53. The number of halogens is 1. The Labute approximate surface area is 110 Å². The largest absolute Gasteiger partial charge is 0.272 e. The molecule has 6 heteroatoms. The summed E-state index contributed by atoms with van der Waals surface area (Å²) in [5, 5.41) is 10.1. The summed E-state index contributed by atoms with van der Waals surface area (Å²) in [4.78, 5) is 16.8. The fraction of sp³-hybridized carbons (Fsp3) is 0.727. The summed E-state index contributed by atoms with van der Waals surface area (Å²) in [5.41, 5.74) is 0.174. The summed E-state index contributed by atoms with van der Waals surface area (Å²) in [6, 6.07) is 0. The highest BCUT2D eigenvalue weighted by molar-refractivity contribution is 8.05. The standard InChI is InChI=1S/C11H14ClN3OS/c1-8-9(17-7-13)10(16)15(12)11(14-8)5-3-2-4-6-11/h9H,2-6H2,1H3. The maximum atomic E-state index is 12.1. The van der Waals surface area contributed by atoms with Crippen molar-refractivity contribution in [2.75, 3.05) is 0 Å². The summed E-state index contributed by atoms with van der Waals surface area (Å²) in [7, 11) is 0. The van der Waals surface area contributed by atoms with Gasteiger partial charge in [0, 0.05) is 17.5 Å². The van der Waals surface area contributed by atoms with E-state index < -0.39 is 10.9 Å². The average molecular weight is 272 g/mol. The second-order valence-electron chi connectivity index (χ2n) is 4.50. The van der Waals surface area contributed by atoms with Crippen molar-refractivity contribution in [3.8, 4) is 5.40 Å². The van der Waals surface area contributed by atoms with E-state index in [1.54, 1.807) is 0 Å². The van der Waals surface area contributed by atoms with E-state index in [1.165, 1.54) is 10.8 Å². The molecule has 17 heavy (non-hydrogen) atoms. The molecule has 1 amide bonds. The molecule has 0 aromatic rings. The lowest BCUT2D eigenvalue weighted by molar-refractivity contribution is -0.130. The van der Waals surface area contributed by atoms with E-state index in [9.17, 15) is 4.79 Å². The molecule has 0 saturated heterocycles. The molecular weight excluding hydrogens is 258 g/mol. The van der Waals surface area contributed by atoms with Crippen LogP contribution in [-0.4, -0.2) is 27.0 Å². The molecule has 0 radical (unpaired) electrons. The molecule has 1 spiro atoms. The zero-order valence-corrected chi connectivity index (χ0v) is 11.2. The number of thiocyanates is 1. The molecule has 1 unspecified atom stereocenters. The first-order valence-electron chi connectivity index (χ1n) is 5.72. The molecule has 1 atom stereocenters. The number of thioether (sulfide) groups is 1. The highest BCUT2D eigenvalue weighted by Gasteiger charge is 2.47. The van der Waals surface area contributed by atoms with Gasteiger partial charge in [0.2, 0.25) is 0 Å². The molecule has 1 heterocycles. The van der Waals surface area contributed by atoms with E-state index in [1.807, 2.05) is 12.3 Å². The minimum atomic E-state index is -0.548. The molecule has 2 aliphatic rings. The Balaban J connectivity index is 2.32. The molecule has 1 aliphatic heterocycles. The zero-order valence-electron chi connectivity index (χ0n) is 9.65. The van der Waals surface area contributed by atoms with Crippen molar-refractivity contribution in [3.63, 3.8) is 0 Å². The number of hydrogen-bond donors (Lipinski definition) is 0. The van der Waals surface area contributed by atoms with Crippen molar-refractivity contribution in [1.82, 2.24) is 4.42 Å². The summed E-state index contributed by atoms with van der Waals surface area (Å²) in [5.74, 6) is -0.201. The molecule has 1 aliphatic carbocycles. The van der Waals surface area contributed by atoms with Crippen molar-refractivity contribution >= 4 is 35.2 Å². The molecule has 0 N–H and O–H groups in total. The van der Waals surface area contributed by atoms with Gasteiger partial charge in [0.1, 0.15) is 16.3 Å². The van der Waals surface area contributed by atoms with E-state index in [4.69, 9.17) is 17.0 Å². The Kier molecular flexibility index (Phi) is 3.64. The molecule has 0 aromatic carbocycles. The second kappa shape index (κ2) is 4.87. The van der Waals surface area contributed by atoms with Crippen LogP contribution in [0.4, 0.5) is 0 Å². The Hall–Kier alpha value is -0.730. The van der Waals surface area contributed by atoms with Crippen molar-refractivity contribution in [2.24, 2.45) is 4.99 Å². The van der Waals surface area contributed by atoms with Gasteiger partial charge >= 0.3 is 0 Å². The summed E-state index contributed by atoms with van der Waals surface area (Å²) in [6.07, 6.45) is 4.91. The second-order valence-corrected chi connectivity index (χ2v) is 5.73. The lowest BCUT2D eigenvalue weighted by atomic mass is 9.87. The van der Waals surface area contributed by atoms with Gasteiger partial charge in [0.05, 0.1) is 0 Å². The van der Waals surface area contributed by atoms with Crippen LogP contribution in [0.2, 0.25) is 0 Å². The number of hydrogen-bond acceptors (Lipinski definition) is 4. The van der Waals surface area contributed by atoms with E-state index in [0.717, 1.165) is 43.2 Å². The van der Waals surface area contributed by atoms with E-state index in [0.29, 0.717) is 0 Å². The number of nitrogens with zero attached hydrogens (tertiary/aromatic N) is 3. The van der Waals surface area contributed by atoms with E-state index in [-0.39, 0.29) is 5.91 Å². The van der Waals surface area contributed by atoms with Crippen LogP contribution in [0, 0.1) is 10.7 Å². The van der Waals surface area contributed by atoms with Crippen LogP contribution in [0.5, 0.6) is 0 Å². The van der Waals surface area contributed by atoms with Gasteiger partial charge in [-0.15, -0.1) is 0 Å². The van der Waals surface area contributed by atoms with Gasteiger partial charge in [-0.05, 0) is 44.4 Å². The number of carbonyl (C=O) groups excluding carboxylic acids is 1. The number of rotatable bonds is 1. The van der Waals surface area contributed by atoms with Crippen LogP contribution < -0.4 is 0 Å². The van der Waals surface area contributed by atoms with Crippen molar-refractivity contribution < 1.29 is 4.79 Å². The Morgan fingerprint density at radius 3 is 2.76 bits per heavy atom. The molecule has 0 aromatic heterocycles. The van der Waals surface area contributed by atoms with Gasteiger partial charge in [-0.1, -0.05) is 6.42 Å². The predicted molar refractivity (Wildman–Crippen MR) is 68.6 cm³/mol. The Morgan fingerprint density at radius 2 is 2.18 bits per heavy atom. The molecule has 0 bridgehead atoms. The minimum absolute atomic E-state index is 0.201. The molecule has 4 nitrogen and oxygen atoms in total. The Morgan fingerprint density at radius 1 is 1.53 bits per heavy atom. The quantitative estimate of drug-likeness (QED) is 0.544. The van der Waals surface area contributed by atoms with Crippen molar-refractivity contribution in [2.45, 2.75) is 49.9 Å². The summed E-state index contributed by atoms with van der Waals surface area (Å²) in [6.45, 7) is 1.81. The number of carbonyl (C=O) groups is 1. The highest BCUT2D eigenvalue weighted by Crippen LogP contribution is 2.40. The van der Waals surface area contributed by atoms with E-state index in [2.05, 4.69) is 4.99 Å². The number of nitriles is 1. The Bertz CT molecular complexity index is 398. The zero-order chi connectivity index (χ0) is 12.5. The molecular formula is C11H14ClN3OS. The van der Waals surface area contributed by atoms with Gasteiger partial charge < -0.3 is 0 Å². The van der Waals surface area contributed by atoms with Crippen LogP contribution >= 0.6 is 23.5 Å². The van der Waals surface area contributed by atoms with Gasteiger partial charge in [0.15, 0.2) is 0 Å². The minimum Gasteiger partial charge on any atom is -0.272 e. The van der Waals surface area contributed by atoms with Crippen LogP contribution in [0.3, 0.4) is 0 Å². The van der Waals surface area contributed by atoms with Gasteiger partial charge in [0.25, 0.3) is 5.91 Å². The highest BCUT2D eigenvalue weighted by atomic mass is 35.5. The number of amides is 1. The third-order valence-corrected chi connectivity index (χ3v) is 4.74. The van der Waals surface area contributed by atoms with Crippen molar-refractivity contribution in [3.05, 3.63) is 0 Å². The molecule has 2 rings (SSSR count). The fourth-order valence-corrected chi connectivity index (χ4v) is 3.43. The summed E-state index contributed by atoms with van der Waals surface area (Å²) < 4.78 is 1.24. The van der Waals surface area contributed by atoms with Gasteiger partial charge in [-0.3, -0.25) is 9.79 Å². The van der Waals surface area contributed by atoms with Crippen molar-refractivity contribution in [1.29, 1.82) is 5.26 Å². The monoisotopic (exact) mass is 271 g/mol. The lowest BCUT2D eigenvalue weighted by Crippen LogP contribution is -2.55. The normalized spacial score (nSPS) is 27.8. The summed E-state index contributed by atoms with van der Waals surface area (Å²) >= 11 is 7.07. The molecule has 1 saturated carbocycles. The third kappa shape index (κ3) is 2.16. The number of aliphatic imine (C=N–C) groups is 1. The first-order valence-corrected chi connectivity index (χ1v) is 6.93. The van der Waals surface area contributed by atoms with Gasteiger partial charge in [-0.25, -0.2) is 4.42 Å². The maximum absolute atomic E-state index is 12.1. The van der Waals surface area contributed by atoms with Crippen LogP contribution in [0.1, 0.15) is 39.0 Å². The average Bonchev–Trinajstić information content (AvgIpc) is 2.33.